The summed E-state index contributed by atoms with van der Waals surface area (Å²) in [5.74, 6) is -0.553. The van der Waals surface area contributed by atoms with Crippen molar-refractivity contribution in [2.75, 3.05) is 5.73 Å². The summed E-state index contributed by atoms with van der Waals surface area (Å²) in [7, 11) is 0. The van der Waals surface area contributed by atoms with Crippen LogP contribution in [0.15, 0.2) is 57.0 Å². The van der Waals surface area contributed by atoms with E-state index in [-0.39, 0.29) is 0 Å². The monoisotopic (exact) mass is 285 g/mol. The lowest BCUT2D eigenvalue weighted by molar-refractivity contribution is 0.100. The minimum Gasteiger partial charge on any atom is -0.431 e. The Labute approximate surface area is 119 Å². The molecule has 4 N–H and O–H groups in total. The molecular formula is C14H11N3O2S. The third-order valence-electron chi connectivity index (χ3n) is 2.77. The molecule has 2 aromatic carbocycles. The van der Waals surface area contributed by atoms with Crippen LogP contribution >= 0.6 is 11.8 Å². The maximum Gasteiger partial charge on any atom is 0.261 e. The molecule has 0 aliphatic carbocycles. The van der Waals surface area contributed by atoms with Gasteiger partial charge in [0.2, 0.25) is 0 Å². The number of carbonyl (C=O) groups is 1. The van der Waals surface area contributed by atoms with E-state index in [4.69, 9.17) is 15.9 Å². The third-order valence-corrected chi connectivity index (χ3v) is 3.61. The van der Waals surface area contributed by atoms with E-state index in [1.165, 1.54) is 11.8 Å². The molecule has 0 spiro atoms. The van der Waals surface area contributed by atoms with Gasteiger partial charge in [0.1, 0.15) is 5.52 Å². The van der Waals surface area contributed by atoms with Gasteiger partial charge in [0.15, 0.2) is 5.58 Å². The number of anilines is 1. The van der Waals surface area contributed by atoms with Gasteiger partial charge in [-0.1, -0.05) is 12.1 Å². The molecule has 0 atom stereocenters. The quantitative estimate of drug-likeness (QED) is 0.721. The molecular weight excluding hydrogens is 274 g/mol. The molecule has 1 amide bonds. The second-order valence-electron chi connectivity index (χ2n) is 4.16. The van der Waals surface area contributed by atoms with Crippen LogP contribution in [0.3, 0.4) is 0 Å². The van der Waals surface area contributed by atoms with Crippen LogP contribution in [0.4, 0.5) is 5.69 Å². The highest BCUT2D eigenvalue weighted by atomic mass is 32.2. The first-order valence-electron chi connectivity index (χ1n) is 5.86. The highest BCUT2D eigenvalue weighted by molar-refractivity contribution is 7.99. The van der Waals surface area contributed by atoms with Crippen LogP contribution in [0.1, 0.15) is 10.4 Å². The van der Waals surface area contributed by atoms with Crippen molar-refractivity contribution >= 4 is 34.5 Å². The van der Waals surface area contributed by atoms with E-state index in [2.05, 4.69) is 4.98 Å². The Hall–Kier alpha value is -2.47. The van der Waals surface area contributed by atoms with Crippen LogP contribution in [0, 0.1) is 0 Å². The molecule has 1 heterocycles. The number of primary amides is 1. The highest BCUT2D eigenvalue weighted by Crippen LogP contribution is 2.31. The molecule has 100 valence electrons. The number of hydrogen-bond acceptors (Lipinski definition) is 5. The largest absolute Gasteiger partial charge is 0.431 e. The molecule has 0 bridgehead atoms. The van der Waals surface area contributed by atoms with Gasteiger partial charge in [0, 0.05) is 10.6 Å². The second-order valence-corrected chi connectivity index (χ2v) is 5.19. The van der Waals surface area contributed by atoms with Crippen LogP contribution in [0.5, 0.6) is 0 Å². The van der Waals surface area contributed by atoms with E-state index in [9.17, 15) is 4.79 Å². The average Bonchev–Trinajstić information content (AvgIpc) is 2.82. The van der Waals surface area contributed by atoms with Gasteiger partial charge >= 0.3 is 0 Å². The first-order chi connectivity index (χ1) is 9.63. The van der Waals surface area contributed by atoms with Gasteiger partial charge in [-0.3, -0.25) is 4.79 Å². The molecule has 3 aromatic rings. The van der Waals surface area contributed by atoms with Gasteiger partial charge in [-0.05, 0) is 42.1 Å². The van der Waals surface area contributed by atoms with Crippen LogP contribution < -0.4 is 11.5 Å². The van der Waals surface area contributed by atoms with Gasteiger partial charge in [0.25, 0.3) is 11.1 Å². The molecule has 5 nitrogen and oxygen atoms in total. The van der Waals surface area contributed by atoms with E-state index in [1.54, 1.807) is 18.2 Å². The normalized spacial score (nSPS) is 10.8. The van der Waals surface area contributed by atoms with Crippen molar-refractivity contribution < 1.29 is 9.21 Å². The number of aromatic nitrogens is 1. The molecule has 0 aliphatic heterocycles. The molecule has 0 radical (unpaired) electrons. The van der Waals surface area contributed by atoms with E-state index >= 15 is 0 Å². The molecule has 6 heteroatoms. The number of fused-ring (bicyclic) bond motifs is 1. The molecule has 0 unspecified atom stereocenters. The molecule has 1 aromatic heterocycles. The number of rotatable bonds is 3. The number of nitrogens with two attached hydrogens (primary N) is 2. The van der Waals surface area contributed by atoms with Gasteiger partial charge < -0.3 is 15.9 Å². The first kappa shape index (κ1) is 12.6. The fourth-order valence-corrected chi connectivity index (χ4v) is 2.60. The standard InChI is InChI=1S/C14H11N3O2S/c15-10-6-5-8(7-9(10)13(16)18)20-14-17-11-3-1-2-4-12(11)19-14/h1-7H,15H2,(H2,16,18). The SMILES string of the molecule is NC(=O)c1cc(Sc2nc3ccccc3o2)ccc1N. The summed E-state index contributed by atoms with van der Waals surface area (Å²) in [5.41, 5.74) is 13.1. The van der Waals surface area contributed by atoms with Crippen molar-refractivity contribution in [3.63, 3.8) is 0 Å². The maximum absolute atomic E-state index is 11.3. The number of nitrogen functional groups attached to an aromatic ring is 1. The van der Waals surface area contributed by atoms with Crippen LogP contribution in [-0.4, -0.2) is 10.9 Å². The van der Waals surface area contributed by atoms with Crippen LogP contribution in [0.2, 0.25) is 0 Å². The zero-order chi connectivity index (χ0) is 14.1. The predicted molar refractivity (Wildman–Crippen MR) is 77.5 cm³/mol. The van der Waals surface area contributed by atoms with Crippen LogP contribution in [-0.2, 0) is 0 Å². The average molecular weight is 285 g/mol. The zero-order valence-corrected chi connectivity index (χ0v) is 11.2. The Bertz CT molecular complexity index is 765. The fourth-order valence-electron chi connectivity index (χ4n) is 1.81. The Morgan fingerprint density at radius 3 is 2.75 bits per heavy atom. The van der Waals surface area contributed by atoms with Gasteiger partial charge in [-0.2, -0.15) is 0 Å². The van der Waals surface area contributed by atoms with E-state index < -0.39 is 5.91 Å². The van der Waals surface area contributed by atoms with Crippen molar-refractivity contribution in [1.29, 1.82) is 0 Å². The Kier molecular flexibility index (Phi) is 3.08. The summed E-state index contributed by atoms with van der Waals surface area (Å²) in [6.07, 6.45) is 0. The lowest BCUT2D eigenvalue weighted by Crippen LogP contribution is -2.13. The molecule has 3 rings (SSSR count). The minimum atomic E-state index is -0.553. The molecule has 0 fully saturated rings. The number of nitrogens with zero attached hydrogens (tertiary/aromatic N) is 1. The summed E-state index contributed by atoms with van der Waals surface area (Å²) in [5, 5.41) is 0.506. The summed E-state index contributed by atoms with van der Waals surface area (Å²) < 4.78 is 5.61. The summed E-state index contributed by atoms with van der Waals surface area (Å²) in [6.45, 7) is 0. The minimum absolute atomic E-state index is 0.297. The Morgan fingerprint density at radius 1 is 1.20 bits per heavy atom. The Morgan fingerprint density at radius 2 is 2.00 bits per heavy atom. The van der Waals surface area contributed by atoms with Gasteiger partial charge in [-0.15, -0.1) is 0 Å². The number of oxazole rings is 1. The molecule has 0 aliphatic rings. The first-order valence-corrected chi connectivity index (χ1v) is 6.68. The lowest BCUT2D eigenvalue weighted by Gasteiger charge is -2.03. The van der Waals surface area contributed by atoms with Crippen molar-refractivity contribution in [2.24, 2.45) is 5.73 Å². The Balaban J connectivity index is 1.94. The van der Waals surface area contributed by atoms with Crippen LogP contribution in [0.25, 0.3) is 11.1 Å². The van der Waals surface area contributed by atoms with Crippen molar-refractivity contribution in [3.05, 3.63) is 48.0 Å². The number of carbonyl (C=O) groups excluding carboxylic acids is 1. The smallest absolute Gasteiger partial charge is 0.261 e. The van der Waals surface area contributed by atoms with E-state index in [0.717, 1.165) is 16.0 Å². The number of para-hydroxylation sites is 2. The molecule has 20 heavy (non-hydrogen) atoms. The second kappa shape index (κ2) is 4.90. The van der Waals surface area contributed by atoms with Crippen molar-refractivity contribution in [2.45, 2.75) is 10.1 Å². The summed E-state index contributed by atoms with van der Waals surface area (Å²) >= 11 is 1.31. The third kappa shape index (κ3) is 2.33. The summed E-state index contributed by atoms with van der Waals surface area (Å²) in [6, 6.07) is 12.6. The number of amides is 1. The number of benzene rings is 2. The zero-order valence-electron chi connectivity index (χ0n) is 10.4. The predicted octanol–water partition coefficient (Wildman–Crippen LogP) is 2.66. The van der Waals surface area contributed by atoms with Crippen molar-refractivity contribution in [1.82, 2.24) is 4.98 Å². The number of hydrogen-bond donors (Lipinski definition) is 2. The molecule has 0 saturated heterocycles. The maximum atomic E-state index is 11.3. The topological polar surface area (TPSA) is 95.1 Å². The summed E-state index contributed by atoms with van der Waals surface area (Å²) in [4.78, 5) is 16.4. The van der Waals surface area contributed by atoms with Gasteiger partial charge in [0.05, 0.1) is 5.56 Å². The highest BCUT2D eigenvalue weighted by Gasteiger charge is 2.11. The van der Waals surface area contributed by atoms with Gasteiger partial charge in [-0.25, -0.2) is 4.98 Å². The fraction of sp³-hybridized carbons (Fsp3) is 0. The molecule has 0 saturated carbocycles. The van der Waals surface area contributed by atoms with Crippen molar-refractivity contribution in [3.8, 4) is 0 Å². The van der Waals surface area contributed by atoms with E-state index in [0.29, 0.717) is 16.5 Å². The van der Waals surface area contributed by atoms with E-state index in [1.807, 2.05) is 24.3 Å². The lowest BCUT2D eigenvalue weighted by atomic mass is 10.2.